The predicted molar refractivity (Wildman–Crippen MR) is 91.1 cm³/mol. The number of pyridine rings is 1. The van der Waals surface area contributed by atoms with Crippen molar-refractivity contribution in [3.63, 3.8) is 0 Å². The molecule has 24 heavy (non-hydrogen) atoms. The Hall–Kier alpha value is -2.89. The van der Waals surface area contributed by atoms with E-state index in [2.05, 4.69) is 15.4 Å². The lowest BCUT2D eigenvalue weighted by Crippen LogP contribution is -2.27. The van der Waals surface area contributed by atoms with Crippen molar-refractivity contribution < 1.29 is 9.53 Å². The molecule has 0 spiro atoms. The molecule has 1 aliphatic rings. The Morgan fingerprint density at radius 2 is 2.21 bits per heavy atom. The number of ether oxygens (including phenoxy) is 1. The normalized spacial score (nSPS) is 16.6. The van der Waals surface area contributed by atoms with Crippen LogP contribution < -0.4 is 10.1 Å². The second-order valence-electron chi connectivity index (χ2n) is 5.88. The Bertz CT molecular complexity index is 903. The van der Waals surface area contributed by atoms with Crippen LogP contribution in [-0.2, 0) is 11.3 Å². The van der Waals surface area contributed by atoms with Gasteiger partial charge in [-0.2, -0.15) is 5.10 Å². The highest BCUT2D eigenvalue weighted by molar-refractivity contribution is 6.05. The van der Waals surface area contributed by atoms with Gasteiger partial charge in [-0.1, -0.05) is 0 Å². The van der Waals surface area contributed by atoms with E-state index in [1.165, 1.54) is 0 Å². The number of nitrogens with one attached hydrogen (secondary N) is 1. The van der Waals surface area contributed by atoms with Crippen LogP contribution in [0.5, 0.6) is 5.75 Å². The third-order valence-electron chi connectivity index (χ3n) is 4.50. The van der Waals surface area contributed by atoms with Crippen LogP contribution in [0.1, 0.15) is 24.5 Å². The topological polar surface area (TPSA) is 69.0 Å². The molecule has 1 atom stereocenters. The Kier molecular flexibility index (Phi) is 3.65. The maximum atomic E-state index is 12.9. The summed E-state index contributed by atoms with van der Waals surface area (Å²) in [6, 6.07) is 9.43. The molecule has 0 saturated carbocycles. The predicted octanol–water partition coefficient (Wildman–Crippen LogP) is 2.96. The van der Waals surface area contributed by atoms with Crippen LogP contribution in [0.25, 0.3) is 10.9 Å². The Morgan fingerprint density at radius 3 is 3.08 bits per heavy atom. The van der Waals surface area contributed by atoms with Gasteiger partial charge in [0.2, 0.25) is 5.91 Å². The number of aryl methyl sites for hydroxylation is 1. The van der Waals surface area contributed by atoms with Crippen LogP contribution >= 0.6 is 0 Å². The van der Waals surface area contributed by atoms with Gasteiger partial charge in [-0.05, 0) is 43.2 Å². The maximum Gasteiger partial charge on any atom is 0.233 e. The minimum absolute atomic E-state index is 0.0360. The van der Waals surface area contributed by atoms with Crippen LogP contribution in [0.2, 0.25) is 0 Å². The van der Waals surface area contributed by atoms with E-state index in [1.807, 2.05) is 35.0 Å². The van der Waals surface area contributed by atoms with Crippen molar-refractivity contribution in [2.45, 2.75) is 25.3 Å². The van der Waals surface area contributed by atoms with Gasteiger partial charge in [0.15, 0.2) is 0 Å². The number of benzene rings is 1. The van der Waals surface area contributed by atoms with E-state index in [1.54, 1.807) is 19.5 Å². The second-order valence-corrected chi connectivity index (χ2v) is 5.88. The highest BCUT2D eigenvalue weighted by Crippen LogP contribution is 2.34. The largest absolute Gasteiger partial charge is 0.495 e. The number of carbonyl (C=O) groups is 1. The quantitative estimate of drug-likeness (QED) is 0.805. The number of hydrogen-bond donors (Lipinski definition) is 1. The molecule has 6 nitrogen and oxygen atoms in total. The number of nitrogens with zero attached hydrogens (tertiary/aromatic N) is 3. The summed E-state index contributed by atoms with van der Waals surface area (Å²) < 4.78 is 7.35. The van der Waals surface area contributed by atoms with E-state index in [0.29, 0.717) is 11.4 Å². The molecule has 3 aromatic rings. The molecule has 1 unspecified atom stereocenters. The van der Waals surface area contributed by atoms with Crippen molar-refractivity contribution >= 4 is 22.5 Å². The molecule has 1 N–H and O–H groups in total. The number of amides is 1. The fraction of sp³-hybridized carbons (Fsp3) is 0.278. The molecule has 1 amide bonds. The van der Waals surface area contributed by atoms with Crippen LogP contribution in [0.3, 0.4) is 0 Å². The first-order chi connectivity index (χ1) is 11.8. The monoisotopic (exact) mass is 322 g/mol. The van der Waals surface area contributed by atoms with E-state index >= 15 is 0 Å². The Balaban J connectivity index is 1.71. The van der Waals surface area contributed by atoms with Gasteiger partial charge in [0, 0.05) is 24.3 Å². The minimum atomic E-state index is -0.196. The molecule has 1 aliphatic heterocycles. The molecule has 0 aliphatic carbocycles. The lowest BCUT2D eigenvalue weighted by Gasteiger charge is -2.23. The SMILES string of the molecule is COc1ccc2ncccc2c1NC(=O)C1CCCn2nccc21. The zero-order chi connectivity index (χ0) is 16.5. The number of aromatic nitrogens is 3. The molecule has 0 saturated heterocycles. The molecule has 6 heteroatoms. The molecule has 3 heterocycles. The number of anilines is 1. The third-order valence-corrected chi connectivity index (χ3v) is 4.50. The van der Waals surface area contributed by atoms with E-state index in [4.69, 9.17) is 4.74 Å². The number of methoxy groups -OCH3 is 1. The summed E-state index contributed by atoms with van der Waals surface area (Å²) in [6.45, 7) is 0.869. The third kappa shape index (κ3) is 2.40. The lowest BCUT2D eigenvalue weighted by atomic mass is 9.95. The molecule has 1 aromatic carbocycles. The second kappa shape index (κ2) is 5.96. The van der Waals surface area contributed by atoms with E-state index in [0.717, 1.165) is 36.0 Å². The fourth-order valence-electron chi connectivity index (χ4n) is 3.33. The van der Waals surface area contributed by atoms with Gasteiger partial charge >= 0.3 is 0 Å². The van der Waals surface area contributed by atoms with Crippen molar-refractivity contribution in [3.8, 4) is 5.75 Å². The first-order valence-electron chi connectivity index (χ1n) is 8.02. The average Bonchev–Trinajstić information content (AvgIpc) is 3.10. The molecular formula is C18H18N4O2. The van der Waals surface area contributed by atoms with E-state index < -0.39 is 0 Å². The summed E-state index contributed by atoms with van der Waals surface area (Å²) in [4.78, 5) is 17.3. The van der Waals surface area contributed by atoms with Crippen LogP contribution in [-0.4, -0.2) is 27.8 Å². The first kappa shape index (κ1) is 14.7. The van der Waals surface area contributed by atoms with Gasteiger partial charge in [0.05, 0.1) is 29.9 Å². The average molecular weight is 322 g/mol. The lowest BCUT2D eigenvalue weighted by molar-refractivity contribution is -0.118. The van der Waals surface area contributed by atoms with Gasteiger partial charge in [0.1, 0.15) is 5.75 Å². The van der Waals surface area contributed by atoms with Crippen molar-refractivity contribution in [3.05, 3.63) is 48.4 Å². The minimum Gasteiger partial charge on any atom is -0.495 e. The summed E-state index contributed by atoms with van der Waals surface area (Å²) in [5.74, 6) is 0.400. The summed E-state index contributed by atoms with van der Waals surface area (Å²) >= 11 is 0. The van der Waals surface area contributed by atoms with E-state index in [-0.39, 0.29) is 11.8 Å². The first-order valence-corrected chi connectivity index (χ1v) is 8.02. The highest BCUT2D eigenvalue weighted by Gasteiger charge is 2.28. The van der Waals surface area contributed by atoms with Crippen molar-refractivity contribution in [2.24, 2.45) is 0 Å². The summed E-state index contributed by atoms with van der Waals surface area (Å²) in [7, 11) is 1.60. The number of fused-ring (bicyclic) bond motifs is 2. The van der Waals surface area contributed by atoms with Gasteiger partial charge in [-0.3, -0.25) is 14.5 Å². The van der Waals surface area contributed by atoms with Crippen LogP contribution in [0, 0.1) is 0 Å². The van der Waals surface area contributed by atoms with Gasteiger partial charge in [-0.15, -0.1) is 0 Å². The maximum absolute atomic E-state index is 12.9. The molecule has 4 rings (SSSR count). The standard InChI is InChI=1S/C18H18N4O2/c1-24-16-7-6-14-12(4-2-9-19-14)17(16)21-18(23)13-5-3-11-22-15(13)8-10-20-22/h2,4,6-10,13H,3,5,11H2,1H3,(H,21,23). The van der Waals surface area contributed by atoms with Crippen molar-refractivity contribution in [2.75, 3.05) is 12.4 Å². The molecule has 0 fully saturated rings. The molecule has 122 valence electrons. The van der Waals surface area contributed by atoms with Gasteiger partial charge < -0.3 is 10.1 Å². The van der Waals surface area contributed by atoms with Crippen LogP contribution in [0.15, 0.2) is 42.7 Å². The molecule has 0 radical (unpaired) electrons. The van der Waals surface area contributed by atoms with Crippen LogP contribution in [0.4, 0.5) is 5.69 Å². The zero-order valence-electron chi connectivity index (χ0n) is 13.4. The highest BCUT2D eigenvalue weighted by atomic mass is 16.5. The van der Waals surface area contributed by atoms with Crippen molar-refractivity contribution in [1.29, 1.82) is 0 Å². The van der Waals surface area contributed by atoms with E-state index in [9.17, 15) is 4.79 Å². The number of hydrogen-bond acceptors (Lipinski definition) is 4. The van der Waals surface area contributed by atoms with Gasteiger partial charge in [0.25, 0.3) is 0 Å². The van der Waals surface area contributed by atoms with Crippen molar-refractivity contribution in [1.82, 2.24) is 14.8 Å². The summed E-state index contributed by atoms with van der Waals surface area (Å²) in [6.07, 6.45) is 5.26. The zero-order valence-corrected chi connectivity index (χ0v) is 13.4. The summed E-state index contributed by atoms with van der Waals surface area (Å²) in [5.41, 5.74) is 2.46. The molecule has 0 bridgehead atoms. The Labute approximate surface area is 139 Å². The molecular weight excluding hydrogens is 304 g/mol. The number of rotatable bonds is 3. The summed E-state index contributed by atoms with van der Waals surface area (Å²) in [5, 5.41) is 8.21. The van der Waals surface area contributed by atoms with Gasteiger partial charge in [-0.25, -0.2) is 0 Å². The smallest absolute Gasteiger partial charge is 0.233 e. The number of carbonyl (C=O) groups excluding carboxylic acids is 1. The fourth-order valence-corrected chi connectivity index (χ4v) is 3.33. The molecule has 2 aromatic heterocycles. The Morgan fingerprint density at radius 1 is 1.29 bits per heavy atom.